The van der Waals surface area contributed by atoms with Gasteiger partial charge in [-0.3, -0.25) is 0 Å². The molecule has 33 heavy (non-hydrogen) atoms. The number of halogens is 2. The van der Waals surface area contributed by atoms with E-state index in [-0.39, 0.29) is 11.2 Å². The lowest BCUT2D eigenvalue weighted by Crippen LogP contribution is -2.20. The van der Waals surface area contributed by atoms with Gasteiger partial charge in [0.25, 0.3) is 0 Å². The summed E-state index contributed by atoms with van der Waals surface area (Å²) in [5.41, 5.74) is 7.84. The van der Waals surface area contributed by atoms with Crippen LogP contribution in [-0.4, -0.2) is 0 Å². The van der Waals surface area contributed by atoms with Gasteiger partial charge in [0, 0.05) is 5.02 Å². The fraction of sp³-hybridized carbons (Fsp3) is 0.613. The first-order valence-corrected chi connectivity index (χ1v) is 13.2. The fourth-order valence-corrected chi connectivity index (χ4v) is 5.62. The van der Waals surface area contributed by atoms with Gasteiger partial charge in [0.15, 0.2) is 0 Å². The minimum atomic E-state index is -0.111. The molecule has 2 unspecified atom stereocenters. The molecule has 0 amide bonds. The van der Waals surface area contributed by atoms with Gasteiger partial charge in [-0.1, -0.05) is 87.8 Å². The normalized spacial score (nSPS) is 14.4. The van der Waals surface area contributed by atoms with E-state index in [2.05, 4.69) is 88.3 Å². The Hall–Kier alpha value is -1.34. The highest BCUT2D eigenvalue weighted by atomic mass is 35.5. The Labute approximate surface area is 208 Å². The second-order valence-corrected chi connectivity index (χ2v) is 12.5. The van der Waals surface area contributed by atoms with Crippen LogP contribution in [0.15, 0.2) is 24.3 Å². The maximum atomic E-state index is 14.7. The summed E-state index contributed by atoms with van der Waals surface area (Å²) in [6.45, 7) is 24.7. The minimum Gasteiger partial charge on any atom is -0.207 e. The van der Waals surface area contributed by atoms with Crippen molar-refractivity contribution in [3.05, 3.63) is 68.5 Å². The van der Waals surface area contributed by atoms with E-state index >= 15 is 0 Å². The highest BCUT2D eigenvalue weighted by molar-refractivity contribution is 6.30. The first-order chi connectivity index (χ1) is 15.1. The Kier molecular flexibility index (Phi) is 9.25. The largest absolute Gasteiger partial charge is 0.207 e. The zero-order valence-electron chi connectivity index (χ0n) is 22.9. The van der Waals surface area contributed by atoms with Crippen LogP contribution in [0.25, 0.3) is 0 Å². The Morgan fingerprint density at radius 2 is 1.12 bits per heavy atom. The van der Waals surface area contributed by atoms with Crippen molar-refractivity contribution in [1.82, 2.24) is 0 Å². The van der Waals surface area contributed by atoms with Crippen LogP contribution in [0.4, 0.5) is 4.39 Å². The van der Waals surface area contributed by atoms with Crippen molar-refractivity contribution in [2.24, 2.45) is 0 Å². The van der Waals surface area contributed by atoms with Gasteiger partial charge in [-0.25, -0.2) is 4.39 Å². The molecule has 0 saturated heterocycles. The summed E-state index contributed by atoms with van der Waals surface area (Å²) in [4.78, 5) is 0. The summed E-state index contributed by atoms with van der Waals surface area (Å²) in [6.07, 6.45) is 2.07. The first-order valence-electron chi connectivity index (χ1n) is 12.8. The summed E-state index contributed by atoms with van der Waals surface area (Å²) < 4.78 is 14.7. The van der Waals surface area contributed by atoms with Crippen molar-refractivity contribution in [3.63, 3.8) is 0 Å². The van der Waals surface area contributed by atoms with E-state index < -0.39 is 0 Å². The molecular weight excluding hydrogens is 427 g/mol. The Balaban J connectivity index is 2.41. The molecular formula is C31H46ClF. The summed E-state index contributed by atoms with van der Waals surface area (Å²) in [7, 11) is 0. The molecule has 0 nitrogen and oxygen atoms in total. The zero-order chi connectivity index (χ0) is 25.2. The van der Waals surface area contributed by atoms with E-state index in [1.807, 2.05) is 0 Å². The van der Waals surface area contributed by atoms with Gasteiger partial charge >= 0.3 is 0 Å². The molecule has 0 radical (unpaired) electrons. The molecule has 0 aliphatic rings. The Bertz CT molecular complexity index is 946. The predicted molar refractivity (Wildman–Crippen MR) is 145 cm³/mol. The minimum absolute atomic E-state index is 0.0214. The van der Waals surface area contributed by atoms with Gasteiger partial charge < -0.3 is 0 Å². The molecule has 184 valence electrons. The second-order valence-electron chi connectivity index (χ2n) is 12.1. The molecule has 2 heteroatoms. The van der Waals surface area contributed by atoms with Crippen LogP contribution in [0.1, 0.15) is 152 Å². The summed E-state index contributed by atoms with van der Waals surface area (Å²) in [6, 6.07) is 7.87. The highest BCUT2D eigenvalue weighted by Crippen LogP contribution is 2.41. The molecule has 2 aromatic carbocycles. The average molecular weight is 473 g/mol. The van der Waals surface area contributed by atoms with Gasteiger partial charge in [0.05, 0.1) is 0 Å². The molecule has 2 rings (SSSR count). The second kappa shape index (κ2) is 10.9. The molecule has 0 N–H and O–H groups in total. The van der Waals surface area contributed by atoms with Crippen LogP contribution in [0.3, 0.4) is 0 Å². The lowest BCUT2D eigenvalue weighted by atomic mass is 9.74. The highest BCUT2D eigenvalue weighted by Gasteiger charge is 2.27. The molecule has 0 aliphatic carbocycles. The first kappa shape index (κ1) is 27.9. The van der Waals surface area contributed by atoms with Crippen molar-refractivity contribution < 1.29 is 4.39 Å². The quantitative estimate of drug-likeness (QED) is 0.358. The molecule has 2 aromatic rings. The van der Waals surface area contributed by atoms with Crippen LogP contribution < -0.4 is 0 Å². The molecule has 2 atom stereocenters. The van der Waals surface area contributed by atoms with E-state index in [1.165, 1.54) is 27.8 Å². The summed E-state index contributed by atoms with van der Waals surface area (Å²) >= 11 is 6.57. The van der Waals surface area contributed by atoms with Crippen LogP contribution in [-0.2, 0) is 5.41 Å². The molecule has 0 fully saturated rings. The van der Waals surface area contributed by atoms with E-state index in [0.29, 0.717) is 29.6 Å². The summed E-state index contributed by atoms with van der Waals surface area (Å²) in [5, 5.41) is 0.833. The zero-order valence-corrected chi connectivity index (χ0v) is 23.6. The number of hydrogen-bond donors (Lipinski definition) is 0. The lowest BCUT2D eigenvalue weighted by molar-refractivity contribution is 0.524. The van der Waals surface area contributed by atoms with Crippen LogP contribution >= 0.6 is 11.6 Å². The molecule has 0 spiro atoms. The fourth-order valence-electron chi connectivity index (χ4n) is 5.38. The molecule has 0 aromatic heterocycles. The smallest absolute Gasteiger partial charge is 0.123 e. The molecule has 0 heterocycles. The standard InChI is InChI=1S/C31H46ClF/c1-18(2)25-14-23(32)15-27(29(25)20(5)6)21(7)12-13-22(8)28-17-24(33)16-26(19(3)4)30(28)31(9,10)11/h14-22H,12-13H2,1-11H3. The third kappa shape index (κ3) is 6.62. The topological polar surface area (TPSA) is 0 Å². The van der Waals surface area contributed by atoms with E-state index in [4.69, 9.17) is 11.6 Å². The average Bonchev–Trinajstić information content (AvgIpc) is 2.68. The number of benzene rings is 2. The molecule has 0 bridgehead atoms. The SMILES string of the molecule is CC(C)c1cc(Cl)cc(C(C)CCC(C)c2cc(F)cc(C(C)C)c2C(C)(C)C)c1C(C)C. The van der Waals surface area contributed by atoms with Crippen molar-refractivity contribution in [2.45, 2.75) is 124 Å². The Morgan fingerprint density at radius 3 is 1.58 bits per heavy atom. The third-order valence-corrected chi connectivity index (χ3v) is 7.26. The molecule has 0 saturated carbocycles. The van der Waals surface area contributed by atoms with Crippen molar-refractivity contribution >= 4 is 11.6 Å². The van der Waals surface area contributed by atoms with Crippen LogP contribution in [0.2, 0.25) is 5.02 Å². The predicted octanol–water partition coefficient (Wildman–Crippen LogP) is 10.8. The van der Waals surface area contributed by atoms with E-state index in [0.717, 1.165) is 23.4 Å². The van der Waals surface area contributed by atoms with Gasteiger partial charge in [-0.15, -0.1) is 0 Å². The van der Waals surface area contributed by atoms with Crippen molar-refractivity contribution in [3.8, 4) is 0 Å². The lowest BCUT2D eigenvalue weighted by Gasteiger charge is -2.31. The molecule has 0 aliphatic heterocycles. The third-order valence-electron chi connectivity index (χ3n) is 7.04. The monoisotopic (exact) mass is 472 g/mol. The van der Waals surface area contributed by atoms with Crippen molar-refractivity contribution in [2.75, 3.05) is 0 Å². The van der Waals surface area contributed by atoms with Gasteiger partial charge in [-0.05, 0) is 105 Å². The van der Waals surface area contributed by atoms with Gasteiger partial charge in [0.1, 0.15) is 5.82 Å². The summed E-state index contributed by atoms with van der Waals surface area (Å²) in [5.74, 6) is 1.79. The van der Waals surface area contributed by atoms with Crippen LogP contribution in [0, 0.1) is 5.82 Å². The van der Waals surface area contributed by atoms with Gasteiger partial charge in [-0.2, -0.15) is 0 Å². The van der Waals surface area contributed by atoms with Gasteiger partial charge in [0.2, 0.25) is 0 Å². The van der Waals surface area contributed by atoms with E-state index in [9.17, 15) is 4.39 Å². The van der Waals surface area contributed by atoms with E-state index in [1.54, 1.807) is 12.1 Å². The number of hydrogen-bond acceptors (Lipinski definition) is 0. The van der Waals surface area contributed by atoms with Crippen molar-refractivity contribution in [1.29, 1.82) is 0 Å². The Morgan fingerprint density at radius 1 is 0.667 bits per heavy atom. The maximum Gasteiger partial charge on any atom is 0.123 e. The number of rotatable bonds is 8. The van der Waals surface area contributed by atoms with Crippen LogP contribution in [0.5, 0.6) is 0 Å². The maximum absolute atomic E-state index is 14.7.